The number of ether oxygens (including phenoxy) is 2. The van der Waals surface area contributed by atoms with Crippen LogP contribution in [0.1, 0.15) is 50.7 Å². The van der Waals surface area contributed by atoms with Crippen molar-refractivity contribution < 1.29 is 36.1 Å². The van der Waals surface area contributed by atoms with Crippen molar-refractivity contribution in [3.63, 3.8) is 0 Å². The lowest BCUT2D eigenvalue weighted by Gasteiger charge is -2.36. The molecule has 0 bridgehead atoms. The predicted molar refractivity (Wildman–Crippen MR) is 144 cm³/mol. The number of rotatable bonds is 13. The maximum Gasteiger partial charge on any atom is 0.345 e. The van der Waals surface area contributed by atoms with E-state index >= 15 is 0 Å². The van der Waals surface area contributed by atoms with Crippen LogP contribution in [0.4, 0.5) is 0 Å². The van der Waals surface area contributed by atoms with E-state index in [9.17, 15) is 18.0 Å². The molecule has 1 saturated carbocycles. The van der Waals surface area contributed by atoms with Gasteiger partial charge in [0.2, 0.25) is 5.60 Å². The maximum absolute atomic E-state index is 13.8. The molecule has 2 aromatic rings. The van der Waals surface area contributed by atoms with E-state index in [-0.39, 0.29) is 11.5 Å². The molecule has 0 amide bonds. The Kier molecular flexibility index (Phi) is 10.1. The molecule has 0 saturated heterocycles. The first-order chi connectivity index (χ1) is 18.1. The molecular weight excluding hydrogens is 506 g/mol. The van der Waals surface area contributed by atoms with Crippen LogP contribution in [0.2, 0.25) is 0 Å². The molecular formula is C29H40NO7S+. The number of carbonyl (C=O) groups is 2. The van der Waals surface area contributed by atoms with Crippen molar-refractivity contribution in [2.45, 2.75) is 57.0 Å². The van der Waals surface area contributed by atoms with Crippen molar-refractivity contribution in [1.82, 2.24) is 0 Å². The van der Waals surface area contributed by atoms with E-state index in [2.05, 4.69) is 20.9 Å². The second-order valence-corrected chi connectivity index (χ2v) is 11.8. The van der Waals surface area contributed by atoms with Gasteiger partial charge in [0.1, 0.15) is 13.2 Å². The Balaban J connectivity index is 1.87. The van der Waals surface area contributed by atoms with Crippen LogP contribution in [0.25, 0.3) is 0 Å². The third-order valence-electron chi connectivity index (χ3n) is 7.73. The van der Waals surface area contributed by atoms with Gasteiger partial charge in [0.05, 0.1) is 25.0 Å². The molecule has 8 nitrogen and oxygen atoms in total. The maximum atomic E-state index is 13.8. The first-order valence-corrected chi connectivity index (χ1v) is 14.7. The van der Waals surface area contributed by atoms with Crippen molar-refractivity contribution in [2.75, 3.05) is 39.9 Å². The van der Waals surface area contributed by atoms with E-state index in [0.29, 0.717) is 24.9 Å². The Morgan fingerprint density at radius 1 is 0.947 bits per heavy atom. The van der Waals surface area contributed by atoms with Crippen LogP contribution in [0.15, 0.2) is 59.5 Å². The second-order valence-electron chi connectivity index (χ2n) is 10.2. The number of benzene rings is 2. The molecule has 3 rings (SSSR count). The standard InChI is InChI=1S/C29H40NO7S/c1-5-30(4,6-2)20-21-35-27(31)22-36-28(32)29(25-14-10-11-15-25,24-12-8-7-9-13-24)37-38(33,34)26-18-16-23(3)17-19-26/h7-9,12-13,16-19,25H,5-6,10-11,14-15,20-22H2,1-4H3/q+1. The van der Waals surface area contributed by atoms with E-state index < -0.39 is 40.2 Å². The summed E-state index contributed by atoms with van der Waals surface area (Å²) in [5, 5.41) is 0. The molecule has 0 aliphatic heterocycles. The summed E-state index contributed by atoms with van der Waals surface area (Å²) in [6.07, 6.45) is 2.83. The molecule has 1 atom stereocenters. The predicted octanol–water partition coefficient (Wildman–Crippen LogP) is 4.36. The quantitative estimate of drug-likeness (QED) is 0.209. The monoisotopic (exact) mass is 546 g/mol. The lowest BCUT2D eigenvalue weighted by atomic mass is 9.80. The minimum atomic E-state index is -4.36. The molecule has 38 heavy (non-hydrogen) atoms. The summed E-state index contributed by atoms with van der Waals surface area (Å²) < 4.78 is 44.5. The third-order valence-corrected chi connectivity index (χ3v) is 9.06. The van der Waals surface area contributed by atoms with Gasteiger partial charge in [-0.25, -0.2) is 13.8 Å². The van der Waals surface area contributed by atoms with Gasteiger partial charge in [0.25, 0.3) is 10.1 Å². The molecule has 0 radical (unpaired) electrons. The van der Waals surface area contributed by atoms with Crippen LogP contribution in [-0.2, 0) is 39.0 Å². The number of likely N-dealkylation sites (N-methyl/N-ethyl adjacent to an activating group) is 1. The highest BCUT2D eigenvalue weighted by Crippen LogP contribution is 2.46. The van der Waals surface area contributed by atoms with Crippen LogP contribution in [-0.4, -0.2) is 64.7 Å². The van der Waals surface area contributed by atoms with Crippen molar-refractivity contribution in [3.05, 3.63) is 65.7 Å². The van der Waals surface area contributed by atoms with Crippen molar-refractivity contribution in [1.29, 1.82) is 0 Å². The molecule has 2 aromatic carbocycles. The fourth-order valence-electron chi connectivity index (χ4n) is 4.81. The van der Waals surface area contributed by atoms with Gasteiger partial charge in [-0.15, -0.1) is 0 Å². The van der Waals surface area contributed by atoms with Gasteiger partial charge in [-0.1, -0.05) is 60.9 Å². The van der Waals surface area contributed by atoms with Gasteiger partial charge in [-0.05, 0) is 51.3 Å². The van der Waals surface area contributed by atoms with Gasteiger partial charge < -0.3 is 14.0 Å². The molecule has 1 unspecified atom stereocenters. The lowest BCUT2D eigenvalue weighted by molar-refractivity contribution is -0.906. The lowest BCUT2D eigenvalue weighted by Crippen LogP contribution is -2.48. The van der Waals surface area contributed by atoms with Crippen molar-refractivity contribution >= 4 is 22.1 Å². The van der Waals surface area contributed by atoms with E-state index in [1.807, 2.05) is 6.92 Å². The summed E-state index contributed by atoms with van der Waals surface area (Å²) in [7, 11) is -2.28. The second kappa shape index (κ2) is 12.9. The summed E-state index contributed by atoms with van der Waals surface area (Å²) in [4.78, 5) is 26.2. The van der Waals surface area contributed by atoms with E-state index in [1.54, 1.807) is 42.5 Å². The topological polar surface area (TPSA) is 96.0 Å². The molecule has 0 spiro atoms. The fraction of sp³-hybridized carbons (Fsp3) is 0.517. The summed E-state index contributed by atoms with van der Waals surface area (Å²) >= 11 is 0. The third kappa shape index (κ3) is 7.01. The average Bonchev–Trinajstić information content (AvgIpc) is 3.46. The summed E-state index contributed by atoms with van der Waals surface area (Å²) in [6, 6.07) is 14.8. The smallest absolute Gasteiger partial charge is 0.345 e. The fourth-order valence-corrected chi connectivity index (χ4v) is 6.02. The number of esters is 2. The zero-order valence-corrected chi connectivity index (χ0v) is 23.7. The van der Waals surface area contributed by atoms with Gasteiger partial charge in [0.15, 0.2) is 6.61 Å². The number of quaternary nitrogens is 1. The normalized spacial score (nSPS) is 16.1. The average molecular weight is 547 g/mol. The van der Waals surface area contributed by atoms with E-state index in [4.69, 9.17) is 13.7 Å². The van der Waals surface area contributed by atoms with Gasteiger partial charge in [0, 0.05) is 5.92 Å². The van der Waals surface area contributed by atoms with E-state index in [0.717, 1.165) is 36.0 Å². The molecule has 0 N–H and O–H groups in total. The van der Waals surface area contributed by atoms with Crippen molar-refractivity contribution in [2.24, 2.45) is 5.92 Å². The SMILES string of the molecule is CC[N+](C)(CC)CCOC(=O)COC(=O)C(OS(=O)(=O)c1ccc(C)cc1)(c1ccccc1)C1CCCC1. The summed E-state index contributed by atoms with van der Waals surface area (Å²) in [5.41, 5.74) is -0.661. The summed E-state index contributed by atoms with van der Waals surface area (Å²) in [6.45, 7) is 8.00. The Labute approximate surface area is 226 Å². The van der Waals surface area contributed by atoms with Crippen LogP contribution in [0, 0.1) is 12.8 Å². The number of hydrogen-bond donors (Lipinski definition) is 0. The zero-order chi connectivity index (χ0) is 27.8. The highest BCUT2D eigenvalue weighted by atomic mass is 32.2. The van der Waals surface area contributed by atoms with Crippen LogP contribution < -0.4 is 0 Å². The highest BCUT2D eigenvalue weighted by molar-refractivity contribution is 7.86. The molecule has 9 heteroatoms. The minimum absolute atomic E-state index is 0.0540. The van der Waals surface area contributed by atoms with Gasteiger partial charge in [-0.3, -0.25) is 0 Å². The Morgan fingerprint density at radius 3 is 2.13 bits per heavy atom. The zero-order valence-electron chi connectivity index (χ0n) is 22.9. The molecule has 0 heterocycles. The first-order valence-electron chi connectivity index (χ1n) is 13.3. The van der Waals surface area contributed by atoms with Crippen molar-refractivity contribution in [3.8, 4) is 0 Å². The van der Waals surface area contributed by atoms with Crippen LogP contribution >= 0.6 is 0 Å². The number of nitrogens with zero attached hydrogens (tertiary/aromatic N) is 1. The minimum Gasteiger partial charge on any atom is -0.457 e. The van der Waals surface area contributed by atoms with Gasteiger partial charge in [-0.2, -0.15) is 8.42 Å². The Morgan fingerprint density at radius 2 is 1.55 bits per heavy atom. The number of carbonyl (C=O) groups excluding carboxylic acids is 2. The first kappa shape index (κ1) is 29.8. The van der Waals surface area contributed by atoms with Gasteiger partial charge >= 0.3 is 11.9 Å². The number of hydrogen-bond acceptors (Lipinski definition) is 7. The largest absolute Gasteiger partial charge is 0.457 e. The Bertz CT molecular complexity index is 1170. The molecule has 0 aromatic heterocycles. The molecule has 1 aliphatic carbocycles. The Hall–Kier alpha value is -2.75. The van der Waals surface area contributed by atoms with Crippen LogP contribution in [0.3, 0.4) is 0 Å². The van der Waals surface area contributed by atoms with Crippen LogP contribution in [0.5, 0.6) is 0 Å². The molecule has 208 valence electrons. The van der Waals surface area contributed by atoms with E-state index in [1.165, 1.54) is 12.1 Å². The summed E-state index contributed by atoms with van der Waals surface area (Å²) in [5.74, 6) is -2.04. The highest BCUT2D eigenvalue weighted by Gasteiger charge is 2.54. The number of aryl methyl sites for hydroxylation is 1. The molecule has 1 fully saturated rings. The molecule has 1 aliphatic rings.